The summed E-state index contributed by atoms with van der Waals surface area (Å²) in [6.45, 7) is 9.87. The molecule has 2 aromatic rings. The van der Waals surface area contributed by atoms with Crippen LogP contribution in [0.4, 0.5) is 4.79 Å². The van der Waals surface area contributed by atoms with Crippen molar-refractivity contribution in [1.82, 2.24) is 10.3 Å². The lowest BCUT2D eigenvalue weighted by molar-refractivity contribution is 0.0528. The minimum absolute atomic E-state index is 0.0340. The molecule has 1 heterocycles. The fourth-order valence-corrected chi connectivity index (χ4v) is 2.88. The Morgan fingerprint density at radius 1 is 1.33 bits per heavy atom. The lowest BCUT2D eigenvalue weighted by atomic mass is 10.1. The Hall–Kier alpha value is -2.68. The molecule has 2 unspecified atom stereocenters. The molecular formula is C21H29N3O3. The van der Waals surface area contributed by atoms with E-state index >= 15 is 0 Å². The highest BCUT2D eigenvalue weighted by Gasteiger charge is 2.16. The maximum Gasteiger partial charge on any atom is 0.407 e. The Balaban J connectivity index is 1.98. The van der Waals surface area contributed by atoms with Crippen molar-refractivity contribution in [2.45, 2.75) is 59.2 Å². The van der Waals surface area contributed by atoms with Crippen LogP contribution in [0, 0.1) is 17.2 Å². The molecule has 0 aliphatic carbocycles. The first-order valence-electron chi connectivity index (χ1n) is 9.31. The highest BCUT2D eigenvalue weighted by molar-refractivity contribution is 5.84. The molecular weight excluding hydrogens is 342 g/mol. The quantitative estimate of drug-likeness (QED) is 0.747. The molecule has 2 rings (SSSR count). The summed E-state index contributed by atoms with van der Waals surface area (Å²) in [4.78, 5) is 15.0. The highest BCUT2D eigenvalue weighted by atomic mass is 16.6. The summed E-state index contributed by atoms with van der Waals surface area (Å²) in [6, 6.07) is 8.14. The van der Waals surface area contributed by atoms with E-state index in [1.807, 2.05) is 59.0 Å². The van der Waals surface area contributed by atoms with Gasteiger partial charge in [0.2, 0.25) is 0 Å². The maximum atomic E-state index is 11.8. The lowest BCUT2D eigenvalue weighted by Crippen LogP contribution is -2.33. The summed E-state index contributed by atoms with van der Waals surface area (Å²) in [6.07, 6.45) is 2.88. The van der Waals surface area contributed by atoms with Crippen LogP contribution in [0.2, 0.25) is 0 Å². The number of rotatable bonds is 7. The smallest absolute Gasteiger partial charge is 0.407 e. The van der Waals surface area contributed by atoms with Gasteiger partial charge in [-0.25, -0.2) is 4.79 Å². The summed E-state index contributed by atoms with van der Waals surface area (Å²) >= 11 is 0. The zero-order chi connectivity index (χ0) is 20.0. The Labute approximate surface area is 160 Å². The normalized spacial score (nSPS) is 13.6. The van der Waals surface area contributed by atoms with Gasteiger partial charge in [0.05, 0.1) is 12.2 Å². The van der Waals surface area contributed by atoms with E-state index in [-0.39, 0.29) is 12.0 Å². The number of fused-ring (bicyclic) bond motifs is 1. The van der Waals surface area contributed by atoms with E-state index in [0.717, 1.165) is 22.2 Å². The summed E-state index contributed by atoms with van der Waals surface area (Å²) in [5.74, 6) is 0.742. The van der Waals surface area contributed by atoms with Crippen LogP contribution < -0.4 is 10.1 Å². The van der Waals surface area contributed by atoms with E-state index in [2.05, 4.69) is 16.4 Å². The number of nitrogens with one attached hydrogen (secondary N) is 2. The first-order valence-corrected chi connectivity index (χ1v) is 9.31. The van der Waals surface area contributed by atoms with Crippen molar-refractivity contribution >= 4 is 17.0 Å². The molecule has 2 N–H and O–H groups in total. The largest absolute Gasteiger partial charge is 0.491 e. The average Bonchev–Trinajstić information content (AvgIpc) is 2.95. The van der Waals surface area contributed by atoms with Crippen LogP contribution in [0.25, 0.3) is 10.9 Å². The number of alkyl carbamates (subject to hydrolysis) is 1. The molecule has 0 radical (unpaired) electrons. The van der Waals surface area contributed by atoms with Crippen LogP contribution in [-0.4, -0.2) is 29.3 Å². The van der Waals surface area contributed by atoms with Crippen molar-refractivity contribution in [3.8, 4) is 11.8 Å². The molecule has 1 amide bonds. The van der Waals surface area contributed by atoms with Crippen molar-refractivity contribution in [3.63, 3.8) is 0 Å². The molecule has 0 aliphatic rings. The Bertz CT molecular complexity index is 814. The van der Waals surface area contributed by atoms with Gasteiger partial charge in [-0.05, 0) is 71.2 Å². The molecule has 0 saturated carbocycles. The Morgan fingerprint density at radius 3 is 2.74 bits per heavy atom. The Morgan fingerprint density at radius 2 is 2.07 bits per heavy atom. The average molecular weight is 371 g/mol. The number of ether oxygens (including phenoxy) is 2. The molecule has 27 heavy (non-hydrogen) atoms. The number of carbonyl (C=O) groups is 1. The van der Waals surface area contributed by atoms with Gasteiger partial charge in [0.1, 0.15) is 11.4 Å². The summed E-state index contributed by atoms with van der Waals surface area (Å²) in [5, 5.41) is 12.8. The van der Waals surface area contributed by atoms with Crippen LogP contribution in [0.5, 0.6) is 5.75 Å². The van der Waals surface area contributed by atoms with E-state index < -0.39 is 11.7 Å². The van der Waals surface area contributed by atoms with E-state index in [1.165, 1.54) is 0 Å². The molecule has 0 aliphatic heterocycles. The number of amides is 1. The van der Waals surface area contributed by atoms with Gasteiger partial charge in [0.25, 0.3) is 0 Å². The molecule has 0 spiro atoms. The third kappa shape index (κ3) is 6.52. The number of nitrogens with zero attached hydrogens (tertiary/aromatic N) is 1. The van der Waals surface area contributed by atoms with E-state index in [0.29, 0.717) is 19.4 Å². The van der Waals surface area contributed by atoms with Crippen molar-refractivity contribution in [3.05, 3.63) is 30.0 Å². The summed E-state index contributed by atoms with van der Waals surface area (Å²) < 4.78 is 11.2. The van der Waals surface area contributed by atoms with Gasteiger partial charge in [-0.3, -0.25) is 0 Å². The first-order chi connectivity index (χ1) is 12.7. The van der Waals surface area contributed by atoms with E-state index in [1.54, 1.807) is 0 Å². The molecule has 6 nitrogen and oxygen atoms in total. The number of hydrogen-bond acceptors (Lipinski definition) is 4. The van der Waals surface area contributed by atoms with E-state index in [9.17, 15) is 4.79 Å². The minimum Gasteiger partial charge on any atom is -0.491 e. The van der Waals surface area contributed by atoms with Crippen molar-refractivity contribution in [1.29, 1.82) is 5.26 Å². The third-order valence-electron chi connectivity index (χ3n) is 4.04. The first kappa shape index (κ1) is 20.6. The fourth-order valence-electron chi connectivity index (χ4n) is 2.88. The number of benzene rings is 1. The predicted molar refractivity (Wildman–Crippen MR) is 106 cm³/mol. The molecule has 0 fully saturated rings. The highest BCUT2D eigenvalue weighted by Crippen LogP contribution is 2.25. The minimum atomic E-state index is -0.503. The molecule has 1 aromatic heterocycles. The second-order valence-electron chi connectivity index (χ2n) is 7.89. The van der Waals surface area contributed by atoms with E-state index in [4.69, 9.17) is 14.7 Å². The third-order valence-corrected chi connectivity index (χ3v) is 4.04. The van der Waals surface area contributed by atoms with Gasteiger partial charge in [-0.1, -0.05) is 0 Å². The lowest BCUT2D eigenvalue weighted by Gasteiger charge is -2.19. The predicted octanol–water partition coefficient (Wildman–Crippen LogP) is 4.55. The number of H-pyrrole nitrogens is 1. The number of aromatic nitrogens is 1. The van der Waals surface area contributed by atoms with Crippen molar-refractivity contribution in [2.75, 3.05) is 6.54 Å². The van der Waals surface area contributed by atoms with Gasteiger partial charge < -0.3 is 19.8 Å². The van der Waals surface area contributed by atoms with Crippen molar-refractivity contribution in [2.24, 2.45) is 5.92 Å². The van der Waals surface area contributed by atoms with Crippen LogP contribution >= 0.6 is 0 Å². The molecule has 1 aromatic carbocycles. The number of nitriles is 1. The molecule has 146 valence electrons. The Kier molecular flexibility index (Phi) is 6.73. The summed E-state index contributed by atoms with van der Waals surface area (Å²) in [5.41, 5.74) is 1.62. The monoisotopic (exact) mass is 371 g/mol. The van der Waals surface area contributed by atoms with Crippen LogP contribution in [0.1, 0.15) is 46.6 Å². The second kappa shape index (κ2) is 8.81. The molecule has 2 atom stereocenters. The topological polar surface area (TPSA) is 87.1 Å². The summed E-state index contributed by atoms with van der Waals surface area (Å²) in [7, 11) is 0. The maximum absolute atomic E-state index is 11.8. The van der Waals surface area contributed by atoms with Gasteiger partial charge in [-0.2, -0.15) is 5.26 Å². The SMILES string of the molecule is CC(C#N)CC(C)Oc1ccc2[nH]cc(CCNC(=O)OC(C)(C)C)c2c1. The molecule has 6 heteroatoms. The molecule has 0 saturated heterocycles. The molecule has 0 bridgehead atoms. The van der Waals surface area contributed by atoms with Crippen LogP contribution in [-0.2, 0) is 11.2 Å². The van der Waals surface area contributed by atoms with Crippen LogP contribution in [0.3, 0.4) is 0 Å². The van der Waals surface area contributed by atoms with Gasteiger partial charge >= 0.3 is 6.09 Å². The zero-order valence-corrected chi connectivity index (χ0v) is 16.8. The van der Waals surface area contributed by atoms with Gasteiger partial charge in [0, 0.05) is 29.6 Å². The zero-order valence-electron chi connectivity index (χ0n) is 16.8. The fraction of sp³-hybridized carbons (Fsp3) is 0.524. The van der Waals surface area contributed by atoms with Crippen LogP contribution in [0.15, 0.2) is 24.4 Å². The number of carbonyl (C=O) groups excluding carboxylic acids is 1. The standard InChI is InChI=1S/C21H29N3O3/c1-14(12-22)10-15(2)26-17-6-7-19-18(11-17)16(13-24-19)8-9-23-20(25)27-21(3,4)5/h6-7,11,13-15,24H,8-10H2,1-5H3,(H,23,25). The second-order valence-corrected chi connectivity index (χ2v) is 7.89. The van der Waals surface area contributed by atoms with Gasteiger partial charge in [0.15, 0.2) is 0 Å². The van der Waals surface area contributed by atoms with Crippen molar-refractivity contribution < 1.29 is 14.3 Å². The number of aromatic amines is 1. The number of hydrogen-bond donors (Lipinski definition) is 2. The van der Waals surface area contributed by atoms with Gasteiger partial charge in [-0.15, -0.1) is 0 Å².